The summed E-state index contributed by atoms with van der Waals surface area (Å²) in [5.74, 6) is -1.42. The van der Waals surface area contributed by atoms with Gasteiger partial charge in [-0.2, -0.15) is 26.3 Å². The molecule has 1 saturated heterocycles. The first-order valence-corrected chi connectivity index (χ1v) is 12.5. The van der Waals surface area contributed by atoms with Crippen LogP contribution in [0, 0.1) is 0 Å². The zero-order valence-corrected chi connectivity index (χ0v) is 21.3. The lowest BCUT2D eigenvalue weighted by atomic mass is 9.98. The molecule has 12 heteroatoms. The summed E-state index contributed by atoms with van der Waals surface area (Å²) in [5.41, 5.74) is -2.05. The largest absolute Gasteiger partial charge is 0.508 e. The summed E-state index contributed by atoms with van der Waals surface area (Å²) >= 11 is 0. The number of aromatic hydroxyl groups is 1. The summed E-state index contributed by atoms with van der Waals surface area (Å²) in [6, 6.07) is 13.0. The van der Waals surface area contributed by atoms with Crippen molar-refractivity contribution in [1.29, 1.82) is 0 Å². The average Bonchev–Trinajstić information content (AvgIpc) is 3.34. The van der Waals surface area contributed by atoms with Gasteiger partial charge in [0.2, 0.25) is 0 Å². The minimum absolute atomic E-state index is 0.000917. The third kappa shape index (κ3) is 5.86. The van der Waals surface area contributed by atoms with Gasteiger partial charge >= 0.3 is 12.4 Å². The first-order chi connectivity index (χ1) is 19.3. The summed E-state index contributed by atoms with van der Waals surface area (Å²) in [4.78, 5) is 32.6. The Labute approximate surface area is 229 Å². The van der Waals surface area contributed by atoms with E-state index in [0.29, 0.717) is 12.1 Å². The number of aromatic nitrogens is 1. The fourth-order valence-electron chi connectivity index (χ4n) is 5.07. The van der Waals surface area contributed by atoms with E-state index in [1.54, 1.807) is 6.20 Å². The Kier molecular flexibility index (Phi) is 7.18. The van der Waals surface area contributed by atoms with Gasteiger partial charge in [-0.15, -0.1) is 0 Å². The van der Waals surface area contributed by atoms with Crippen molar-refractivity contribution in [2.45, 2.75) is 24.8 Å². The lowest BCUT2D eigenvalue weighted by molar-refractivity contribution is -0.143. The maximum atomic E-state index is 13.6. The van der Waals surface area contributed by atoms with E-state index in [0.717, 1.165) is 16.5 Å². The fourth-order valence-corrected chi connectivity index (χ4v) is 5.07. The van der Waals surface area contributed by atoms with Crippen LogP contribution in [0.25, 0.3) is 10.9 Å². The van der Waals surface area contributed by atoms with Gasteiger partial charge in [-0.1, -0.05) is 18.2 Å². The van der Waals surface area contributed by atoms with E-state index in [1.165, 1.54) is 34.1 Å². The van der Waals surface area contributed by atoms with E-state index in [1.807, 2.05) is 24.3 Å². The molecular formula is C29H23F6N3O3. The molecule has 1 atom stereocenters. The second-order valence-electron chi connectivity index (χ2n) is 9.81. The quantitative estimate of drug-likeness (QED) is 0.288. The van der Waals surface area contributed by atoms with Gasteiger partial charge in [0, 0.05) is 47.9 Å². The Morgan fingerprint density at radius 1 is 0.829 bits per heavy atom. The van der Waals surface area contributed by atoms with Crippen LogP contribution >= 0.6 is 0 Å². The Morgan fingerprint density at radius 2 is 1.46 bits per heavy atom. The van der Waals surface area contributed by atoms with E-state index in [9.17, 15) is 41.0 Å². The molecule has 0 bridgehead atoms. The number of piperazine rings is 1. The van der Waals surface area contributed by atoms with Gasteiger partial charge in [0.15, 0.2) is 0 Å². The minimum atomic E-state index is -5.10. The number of phenolic OH excluding ortho intramolecular Hbond substituents is 1. The van der Waals surface area contributed by atoms with Gasteiger partial charge in [-0.3, -0.25) is 9.59 Å². The van der Waals surface area contributed by atoms with Crippen molar-refractivity contribution in [1.82, 2.24) is 14.8 Å². The van der Waals surface area contributed by atoms with Crippen LogP contribution in [0.3, 0.4) is 0 Å². The SMILES string of the molecule is O=C(c1ccc(O)cc1)N1CCN(C(=O)c2cc(C(F)(F)F)cc(C(F)(F)F)c2)C(Cc2c[nH]c3ccccc23)C1. The number of carbonyl (C=O) groups excluding carboxylic acids is 2. The van der Waals surface area contributed by atoms with Crippen LogP contribution in [0.1, 0.15) is 37.4 Å². The maximum absolute atomic E-state index is 13.6. The molecule has 6 nitrogen and oxygen atoms in total. The molecule has 5 rings (SSSR count). The van der Waals surface area contributed by atoms with Gasteiger partial charge in [0.25, 0.3) is 11.8 Å². The van der Waals surface area contributed by atoms with Crippen molar-refractivity contribution in [3.8, 4) is 5.75 Å². The molecule has 1 aliphatic heterocycles. The number of H-pyrrole nitrogens is 1. The monoisotopic (exact) mass is 575 g/mol. The molecule has 41 heavy (non-hydrogen) atoms. The van der Waals surface area contributed by atoms with Crippen molar-refractivity contribution < 1.29 is 41.0 Å². The number of amides is 2. The Hall–Kier alpha value is -4.48. The second-order valence-corrected chi connectivity index (χ2v) is 9.81. The summed E-state index contributed by atoms with van der Waals surface area (Å²) in [5, 5.41) is 10.4. The molecule has 1 unspecified atom stereocenters. The molecule has 0 radical (unpaired) electrons. The highest BCUT2D eigenvalue weighted by atomic mass is 19.4. The number of nitrogens with one attached hydrogen (secondary N) is 1. The van der Waals surface area contributed by atoms with E-state index < -0.39 is 41.0 Å². The number of halogens is 6. The number of hydrogen-bond donors (Lipinski definition) is 2. The third-order valence-electron chi connectivity index (χ3n) is 7.11. The highest BCUT2D eigenvalue weighted by molar-refractivity contribution is 5.96. The molecule has 1 aromatic heterocycles. The van der Waals surface area contributed by atoms with Gasteiger partial charge in [0.05, 0.1) is 17.2 Å². The number of aromatic amines is 1. The standard InChI is InChI=1S/C29H23F6N3O3/c30-28(31,32)20-11-18(12-21(14-20)29(33,34)35)27(41)38-10-9-37(26(40)17-5-7-23(39)8-6-17)16-22(38)13-19-15-36-25-4-2-1-3-24(19)25/h1-8,11-12,14-15,22,36,39H,9-10,13,16H2. The molecule has 2 N–H and O–H groups in total. The van der Waals surface area contributed by atoms with Crippen molar-refractivity contribution in [3.63, 3.8) is 0 Å². The van der Waals surface area contributed by atoms with E-state index in [2.05, 4.69) is 4.98 Å². The molecule has 1 aliphatic rings. The summed E-state index contributed by atoms with van der Waals surface area (Å²) in [6.07, 6.45) is -8.30. The number of para-hydroxylation sites is 1. The van der Waals surface area contributed by atoms with Crippen LogP contribution < -0.4 is 0 Å². The topological polar surface area (TPSA) is 76.6 Å². The normalized spacial score (nSPS) is 16.3. The number of nitrogens with zero attached hydrogens (tertiary/aromatic N) is 2. The zero-order valence-electron chi connectivity index (χ0n) is 21.3. The van der Waals surface area contributed by atoms with E-state index in [4.69, 9.17) is 0 Å². The number of hydrogen-bond acceptors (Lipinski definition) is 3. The van der Waals surface area contributed by atoms with Crippen molar-refractivity contribution in [2.24, 2.45) is 0 Å². The number of rotatable bonds is 4. The molecule has 2 heterocycles. The summed E-state index contributed by atoms with van der Waals surface area (Å²) < 4.78 is 80.9. The molecule has 2 amide bonds. The summed E-state index contributed by atoms with van der Waals surface area (Å²) in [6.45, 7) is -0.135. The van der Waals surface area contributed by atoms with Crippen molar-refractivity contribution in [3.05, 3.63) is 101 Å². The second kappa shape index (κ2) is 10.5. The van der Waals surface area contributed by atoms with Crippen LogP contribution in [0.2, 0.25) is 0 Å². The molecule has 0 aliphatic carbocycles. The molecular weight excluding hydrogens is 552 g/mol. The van der Waals surface area contributed by atoms with Crippen LogP contribution in [-0.2, 0) is 18.8 Å². The first kappa shape index (κ1) is 28.1. The van der Waals surface area contributed by atoms with E-state index >= 15 is 0 Å². The average molecular weight is 576 g/mol. The predicted octanol–water partition coefficient (Wildman–Crippen LogP) is 6.12. The van der Waals surface area contributed by atoms with Crippen LogP contribution in [0.4, 0.5) is 26.3 Å². The van der Waals surface area contributed by atoms with Gasteiger partial charge in [0.1, 0.15) is 5.75 Å². The number of benzene rings is 3. The van der Waals surface area contributed by atoms with Crippen LogP contribution in [-0.4, -0.2) is 57.4 Å². The van der Waals surface area contributed by atoms with Gasteiger partial charge in [-0.05, 0) is 60.5 Å². The number of alkyl halides is 6. The number of phenols is 1. The highest BCUT2D eigenvalue weighted by Gasteiger charge is 2.39. The zero-order chi connectivity index (χ0) is 29.5. The van der Waals surface area contributed by atoms with Crippen molar-refractivity contribution >= 4 is 22.7 Å². The molecule has 0 spiro atoms. The maximum Gasteiger partial charge on any atom is 0.416 e. The number of carbonyl (C=O) groups is 2. The lowest BCUT2D eigenvalue weighted by Crippen LogP contribution is -2.57. The molecule has 1 fully saturated rings. The van der Waals surface area contributed by atoms with E-state index in [-0.39, 0.29) is 49.3 Å². The van der Waals surface area contributed by atoms with Crippen LogP contribution in [0.15, 0.2) is 72.9 Å². The van der Waals surface area contributed by atoms with Crippen molar-refractivity contribution in [2.75, 3.05) is 19.6 Å². The fraction of sp³-hybridized carbons (Fsp3) is 0.241. The Morgan fingerprint density at radius 3 is 2.10 bits per heavy atom. The van der Waals surface area contributed by atoms with Gasteiger partial charge < -0.3 is 19.9 Å². The molecule has 3 aromatic carbocycles. The van der Waals surface area contributed by atoms with Gasteiger partial charge in [-0.25, -0.2) is 0 Å². The molecule has 4 aromatic rings. The highest BCUT2D eigenvalue weighted by Crippen LogP contribution is 2.37. The predicted molar refractivity (Wildman–Crippen MR) is 137 cm³/mol. The minimum Gasteiger partial charge on any atom is -0.508 e. The lowest BCUT2D eigenvalue weighted by Gasteiger charge is -2.41. The summed E-state index contributed by atoms with van der Waals surface area (Å²) in [7, 11) is 0. The number of fused-ring (bicyclic) bond motifs is 1. The molecule has 214 valence electrons. The molecule has 0 saturated carbocycles. The van der Waals surface area contributed by atoms with Crippen LogP contribution in [0.5, 0.6) is 5.75 Å². The third-order valence-corrected chi connectivity index (χ3v) is 7.11. The first-order valence-electron chi connectivity index (χ1n) is 12.5. The Bertz CT molecular complexity index is 1560. The Balaban J connectivity index is 1.51. The smallest absolute Gasteiger partial charge is 0.416 e.